The molecule has 0 spiro atoms. The Morgan fingerprint density at radius 1 is 1.57 bits per heavy atom. The lowest BCUT2D eigenvalue weighted by atomic mass is 10.2. The lowest BCUT2D eigenvalue weighted by Crippen LogP contribution is -2.15. The summed E-state index contributed by atoms with van der Waals surface area (Å²) in [5, 5.41) is 7.58. The van der Waals surface area contributed by atoms with Crippen molar-refractivity contribution in [1.29, 1.82) is 0 Å². The number of aromatic nitrogens is 2. The Hall–Kier alpha value is -2.05. The number of methoxy groups -OCH3 is 1. The molecule has 0 unspecified atom stereocenters. The highest BCUT2D eigenvalue weighted by atomic mass is 35.5. The SMILES string of the molecule is COc1cc(Cl)ccc1C(=O)Nc1cnn(C[C@@H]2CCCO2)c1. The molecule has 0 bridgehead atoms. The van der Waals surface area contributed by atoms with Crippen molar-refractivity contribution in [3.05, 3.63) is 41.2 Å². The van der Waals surface area contributed by atoms with Crippen molar-refractivity contribution < 1.29 is 14.3 Å². The van der Waals surface area contributed by atoms with Crippen LogP contribution in [0.2, 0.25) is 5.02 Å². The van der Waals surface area contributed by atoms with Crippen molar-refractivity contribution in [2.75, 3.05) is 19.0 Å². The summed E-state index contributed by atoms with van der Waals surface area (Å²) in [6, 6.07) is 4.89. The Balaban J connectivity index is 1.67. The number of amides is 1. The third-order valence-corrected chi connectivity index (χ3v) is 3.95. The van der Waals surface area contributed by atoms with Gasteiger partial charge in [-0.15, -0.1) is 0 Å². The Labute approximate surface area is 139 Å². The van der Waals surface area contributed by atoms with Crippen LogP contribution in [-0.4, -0.2) is 35.5 Å². The van der Waals surface area contributed by atoms with Gasteiger partial charge >= 0.3 is 0 Å². The number of hydrogen-bond donors (Lipinski definition) is 1. The number of carbonyl (C=O) groups excluding carboxylic acids is 1. The van der Waals surface area contributed by atoms with Crippen molar-refractivity contribution in [2.45, 2.75) is 25.5 Å². The lowest BCUT2D eigenvalue weighted by Gasteiger charge is -2.09. The first-order valence-electron chi connectivity index (χ1n) is 7.44. The summed E-state index contributed by atoms with van der Waals surface area (Å²) < 4.78 is 12.6. The van der Waals surface area contributed by atoms with E-state index in [1.54, 1.807) is 35.3 Å². The van der Waals surface area contributed by atoms with E-state index in [-0.39, 0.29) is 12.0 Å². The number of rotatable bonds is 5. The van der Waals surface area contributed by atoms with E-state index >= 15 is 0 Å². The minimum atomic E-state index is -0.268. The summed E-state index contributed by atoms with van der Waals surface area (Å²) in [6.07, 6.45) is 5.75. The fourth-order valence-corrected chi connectivity index (χ4v) is 2.74. The monoisotopic (exact) mass is 335 g/mol. The predicted octanol–water partition coefficient (Wildman–Crippen LogP) is 2.98. The van der Waals surface area contributed by atoms with Gasteiger partial charge in [0.2, 0.25) is 0 Å². The van der Waals surface area contributed by atoms with E-state index in [1.165, 1.54) is 7.11 Å². The summed E-state index contributed by atoms with van der Waals surface area (Å²) >= 11 is 5.91. The predicted molar refractivity (Wildman–Crippen MR) is 87.2 cm³/mol. The fraction of sp³-hybridized carbons (Fsp3) is 0.375. The Kier molecular flexibility index (Phi) is 4.83. The van der Waals surface area contributed by atoms with Gasteiger partial charge in [0.05, 0.1) is 37.2 Å². The van der Waals surface area contributed by atoms with Crippen LogP contribution in [0, 0.1) is 0 Å². The molecule has 122 valence electrons. The molecule has 1 aliphatic heterocycles. The van der Waals surface area contributed by atoms with E-state index in [4.69, 9.17) is 21.1 Å². The summed E-state index contributed by atoms with van der Waals surface area (Å²) in [5.74, 6) is 0.164. The molecule has 1 aromatic heterocycles. The highest BCUT2D eigenvalue weighted by Gasteiger charge is 2.17. The van der Waals surface area contributed by atoms with Gasteiger partial charge in [-0.25, -0.2) is 0 Å². The highest BCUT2D eigenvalue weighted by Crippen LogP contribution is 2.24. The molecule has 0 radical (unpaired) electrons. The second kappa shape index (κ2) is 7.02. The molecule has 1 saturated heterocycles. The average molecular weight is 336 g/mol. The molecule has 1 amide bonds. The number of nitrogens with zero attached hydrogens (tertiary/aromatic N) is 2. The second-order valence-electron chi connectivity index (χ2n) is 5.38. The normalized spacial score (nSPS) is 17.2. The van der Waals surface area contributed by atoms with Gasteiger partial charge in [0.15, 0.2) is 0 Å². The number of hydrogen-bond acceptors (Lipinski definition) is 4. The van der Waals surface area contributed by atoms with Gasteiger partial charge < -0.3 is 14.8 Å². The van der Waals surface area contributed by atoms with Crippen molar-refractivity contribution >= 4 is 23.2 Å². The Morgan fingerprint density at radius 2 is 2.43 bits per heavy atom. The number of carbonyl (C=O) groups is 1. The van der Waals surface area contributed by atoms with Crippen molar-refractivity contribution in [1.82, 2.24) is 9.78 Å². The first-order valence-corrected chi connectivity index (χ1v) is 7.82. The molecule has 1 fully saturated rings. The molecule has 1 aromatic carbocycles. The summed E-state index contributed by atoms with van der Waals surface area (Å²) in [7, 11) is 1.50. The lowest BCUT2D eigenvalue weighted by molar-refractivity contribution is 0.0940. The molecule has 1 aliphatic rings. The third kappa shape index (κ3) is 3.83. The third-order valence-electron chi connectivity index (χ3n) is 3.71. The maximum atomic E-state index is 12.4. The van der Waals surface area contributed by atoms with Crippen LogP contribution in [0.5, 0.6) is 5.75 Å². The van der Waals surface area contributed by atoms with E-state index in [9.17, 15) is 4.79 Å². The molecule has 7 heteroatoms. The van der Waals surface area contributed by atoms with Gasteiger partial charge in [-0.2, -0.15) is 5.10 Å². The summed E-state index contributed by atoms with van der Waals surface area (Å²) in [5.41, 5.74) is 1.05. The van der Waals surface area contributed by atoms with Crippen LogP contribution in [0.3, 0.4) is 0 Å². The van der Waals surface area contributed by atoms with Crippen LogP contribution in [-0.2, 0) is 11.3 Å². The van der Waals surface area contributed by atoms with Gasteiger partial charge in [-0.1, -0.05) is 11.6 Å². The maximum absolute atomic E-state index is 12.4. The van der Waals surface area contributed by atoms with Crippen LogP contribution >= 0.6 is 11.6 Å². The number of benzene rings is 1. The fourth-order valence-electron chi connectivity index (χ4n) is 2.58. The zero-order valence-corrected chi connectivity index (χ0v) is 13.5. The van der Waals surface area contributed by atoms with E-state index in [0.717, 1.165) is 19.4 Å². The highest BCUT2D eigenvalue weighted by molar-refractivity contribution is 6.31. The molecular formula is C16H18ClN3O3. The molecule has 6 nitrogen and oxygen atoms in total. The van der Waals surface area contributed by atoms with Crippen LogP contribution in [0.15, 0.2) is 30.6 Å². The van der Waals surface area contributed by atoms with E-state index in [0.29, 0.717) is 28.6 Å². The van der Waals surface area contributed by atoms with E-state index < -0.39 is 0 Å². The summed E-state index contributed by atoms with van der Waals surface area (Å²) in [6.45, 7) is 1.51. The molecular weight excluding hydrogens is 318 g/mol. The minimum Gasteiger partial charge on any atom is -0.496 e. The Bertz CT molecular complexity index is 696. The van der Waals surface area contributed by atoms with E-state index in [1.807, 2.05) is 0 Å². The Morgan fingerprint density at radius 3 is 3.17 bits per heavy atom. The minimum absolute atomic E-state index is 0.204. The number of ether oxygens (including phenoxy) is 2. The molecule has 0 saturated carbocycles. The topological polar surface area (TPSA) is 65.4 Å². The zero-order chi connectivity index (χ0) is 16.2. The largest absolute Gasteiger partial charge is 0.496 e. The summed E-state index contributed by atoms with van der Waals surface area (Å²) in [4.78, 5) is 12.4. The standard InChI is InChI=1S/C16H18ClN3O3/c1-22-15-7-11(17)4-5-14(15)16(21)19-12-8-18-20(9-12)10-13-3-2-6-23-13/h4-5,7-9,13H,2-3,6,10H2,1H3,(H,19,21)/t13-/m0/s1. The second-order valence-corrected chi connectivity index (χ2v) is 5.82. The van der Waals surface area contributed by atoms with Gasteiger partial charge in [0.1, 0.15) is 5.75 Å². The van der Waals surface area contributed by atoms with Crippen LogP contribution in [0.1, 0.15) is 23.2 Å². The molecule has 1 atom stereocenters. The molecule has 3 rings (SSSR count). The van der Waals surface area contributed by atoms with Gasteiger partial charge in [-0.3, -0.25) is 9.48 Å². The zero-order valence-electron chi connectivity index (χ0n) is 12.8. The van der Waals surface area contributed by atoms with Crippen LogP contribution < -0.4 is 10.1 Å². The van der Waals surface area contributed by atoms with Crippen molar-refractivity contribution in [2.24, 2.45) is 0 Å². The molecule has 23 heavy (non-hydrogen) atoms. The average Bonchev–Trinajstić information content (AvgIpc) is 3.19. The van der Waals surface area contributed by atoms with Gasteiger partial charge in [0.25, 0.3) is 5.91 Å². The van der Waals surface area contributed by atoms with Crippen LogP contribution in [0.25, 0.3) is 0 Å². The van der Waals surface area contributed by atoms with Crippen molar-refractivity contribution in [3.63, 3.8) is 0 Å². The van der Waals surface area contributed by atoms with E-state index in [2.05, 4.69) is 10.4 Å². The number of anilines is 1. The van der Waals surface area contributed by atoms with Gasteiger partial charge in [0, 0.05) is 17.8 Å². The quantitative estimate of drug-likeness (QED) is 0.912. The van der Waals surface area contributed by atoms with Gasteiger partial charge in [-0.05, 0) is 31.0 Å². The number of halogens is 1. The van der Waals surface area contributed by atoms with Crippen LogP contribution in [0.4, 0.5) is 5.69 Å². The smallest absolute Gasteiger partial charge is 0.259 e. The molecule has 1 N–H and O–H groups in total. The maximum Gasteiger partial charge on any atom is 0.259 e. The first-order chi connectivity index (χ1) is 11.2. The molecule has 0 aliphatic carbocycles. The first kappa shape index (κ1) is 15.8. The van der Waals surface area contributed by atoms with Crippen molar-refractivity contribution in [3.8, 4) is 5.75 Å². The molecule has 2 heterocycles. The number of nitrogens with one attached hydrogen (secondary N) is 1. The molecule has 2 aromatic rings.